The van der Waals surface area contributed by atoms with Crippen molar-refractivity contribution >= 4 is 17.9 Å². The number of esters is 3. The van der Waals surface area contributed by atoms with Gasteiger partial charge < -0.3 is 28.8 Å². The van der Waals surface area contributed by atoms with Crippen molar-refractivity contribution in [2.24, 2.45) is 0 Å². The van der Waals surface area contributed by atoms with Crippen LogP contribution in [0.1, 0.15) is 76.0 Å². The van der Waals surface area contributed by atoms with Crippen LogP contribution in [0, 0.1) is 0 Å². The minimum atomic E-state index is -1.69. The fourth-order valence-electron chi connectivity index (χ4n) is 5.65. The van der Waals surface area contributed by atoms with Crippen molar-refractivity contribution in [3.63, 3.8) is 0 Å². The lowest BCUT2D eigenvalue weighted by Gasteiger charge is -2.44. The van der Waals surface area contributed by atoms with Gasteiger partial charge in [-0.25, -0.2) is 0 Å². The van der Waals surface area contributed by atoms with Crippen LogP contribution in [0.4, 0.5) is 0 Å². The molecule has 1 saturated heterocycles. The maximum atomic E-state index is 13.0. The van der Waals surface area contributed by atoms with E-state index in [1.807, 2.05) is 112 Å². The number of carbonyl (C=O) groups excluding carboxylic acids is 3. The monoisotopic (exact) mass is 632 g/mol. The summed E-state index contributed by atoms with van der Waals surface area (Å²) in [6.45, 7) is 5.28. The number of benzene rings is 3. The van der Waals surface area contributed by atoms with Gasteiger partial charge in [-0.3, -0.25) is 14.4 Å². The predicted octanol–water partition coefficient (Wildman–Crippen LogP) is 5.85. The Labute approximate surface area is 270 Å². The van der Waals surface area contributed by atoms with Crippen molar-refractivity contribution < 1.29 is 43.2 Å². The summed E-state index contributed by atoms with van der Waals surface area (Å²) < 4.78 is 30.3. The van der Waals surface area contributed by atoms with Gasteiger partial charge in [0.25, 0.3) is 0 Å². The molecule has 1 N–H and O–H groups in total. The minimum Gasteiger partial charge on any atom is -0.455 e. The second-order valence-electron chi connectivity index (χ2n) is 11.3. The summed E-state index contributed by atoms with van der Waals surface area (Å²) in [6.07, 6.45) is -4.99. The van der Waals surface area contributed by atoms with Crippen LogP contribution in [0.2, 0.25) is 0 Å². The van der Waals surface area contributed by atoms with Gasteiger partial charge in [-0.2, -0.15) is 0 Å². The third-order valence-electron chi connectivity index (χ3n) is 7.78. The molecule has 1 fully saturated rings. The molecule has 9 nitrogen and oxygen atoms in total. The molecular formula is C37H44O9. The third kappa shape index (κ3) is 8.40. The standard InChI is InChI=1S/C37H44O9/c1-4-16-30(38)44-33-29(43-36(41)35(46-32(40)18-6-3)34(33)45-31(39)17-5-2)25-42-37(26-19-10-7-11-20-26,27-21-12-8-13-22-27)28-23-14-9-15-24-28/h7-15,19-24,29,33-36,41H,4-6,16-18,25H2,1-3H3/t29-,33+,34+,35-,36?/m1/s1. The van der Waals surface area contributed by atoms with Gasteiger partial charge in [-0.1, -0.05) is 112 Å². The van der Waals surface area contributed by atoms with Gasteiger partial charge in [0.2, 0.25) is 0 Å². The molecule has 3 aromatic rings. The lowest BCUT2D eigenvalue weighted by molar-refractivity contribution is -0.300. The Morgan fingerprint density at radius 3 is 1.37 bits per heavy atom. The van der Waals surface area contributed by atoms with Crippen LogP contribution in [0.15, 0.2) is 91.0 Å². The highest BCUT2D eigenvalue weighted by Gasteiger charge is 2.53. The van der Waals surface area contributed by atoms with Gasteiger partial charge in [0.05, 0.1) is 6.61 Å². The van der Waals surface area contributed by atoms with Gasteiger partial charge >= 0.3 is 17.9 Å². The Morgan fingerprint density at radius 2 is 0.978 bits per heavy atom. The zero-order chi connectivity index (χ0) is 32.9. The molecule has 1 unspecified atom stereocenters. The molecule has 1 heterocycles. The lowest BCUT2D eigenvalue weighted by Crippen LogP contribution is -2.62. The number of carbonyl (C=O) groups is 3. The van der Waals surface area contributed by atoms with E-state index < -0.39 is 54.2 Å². The summed E-state index contributed by atoms with van der Waals surface area (Å²) >= 11 is 0. The molecule has 1 aliphatic heterocycles. The van der Waals surface area contributed by atoms with Crippen molar-refractivity contribution in [3.8, 4) is 0 Å². The lowest BCUT2D eigenvalue weighted by atomic mass is 9.80. The predicted molar refractivity (Wildman–Crippen MR) is 170 cm³/mol. The average molecular weight is 633 g/mol. The zero-order valence-electron chi connectivity index (χ0n) is 26.7. The van der Waals surface area contributed by atoms with E-state index in [1.165, 1.54) is 0 Å². The summed E-state index contributed by atoms with van der Waals surface area (Å²) in [6, 6.07) is 29.1. The Morgan fingerprint density at radius 1 is 0.609 bits per heavy atom. The van der Waals surface area contributed by atoms with Crippen LogP contribution in [-0.4, -0.2) is 60.3 Å². The second kappa shape index (κ2) is 17.0. The van der Waals surface area contributed by atoms with E-state index in [0.717, 1.165) is 16.7 Å². The van der Waals surface area contributed by atoms with Gasteiger partial charge in [0, 0.05) is 19.3 Å². The largest absolute Gasteiger partial charge is 0.455 e. The fraction of sp³-hybridized carbons (Fsp3) is 0.432. The maximum absolute atomic E-state index is 13.0. The SMILES string of the molecule is CCCC(=O)O[C@@H]1[C@H](OC(=O)CCC)[C@@H](OC(=O)CCC)C(O)O[C@@H]1COC(c1ccccc1)(c1ccccc1)c1ccccc1. The maximum Gasteiger partial charge on any atom is 0.306 e. The Kier molecular flexibility index (Phi) is 12.9. The molecule has 46 heavy (non-hydrogen) atoms. The molecule has 246 valence electrons. The molecule has 3 aromatic carbocycles. The van der Waals surface area contributed by atoms with Crippen molar-refractivity contribution in [2.75, 3.05) is 6.61 Å². The van der Waals surface area contributed by atoms with Gasteiger partial charge in [-0.05, 0) is 36.0 Å². The van der Waals surface area contributed by atoms with Crippen molar-refractivity contribution in [1.29, 1.82) is 0 Å². The first-order chi connectivity index (χ1) is 22.3. The molecule has 0 aromatic heterocycles. The Balaban J connectivity index is 1.78. The van der Waals surface area contributed by atoms with Crippen LogP contribution in [0.5, 0.6) is 0 Å². The molecule has 0 bridgehead atoms. The van der Waals surface area contributed by atoms with Crippen molar-refractivity contribution in [2.45, 2.75) is 95.6 Å². The second-order valence-corrected chi connectivity index (χ2v) is 11.3. The molecule has 0 spiro atoms. The number of aliphatic hydroxyl groups excluding tert-OH is 1. The molecule has 0 radical (unpaired) electrons. The van der Waals surface area contributed by atoms with Gasteiger partial charge in [0.15, 0.2) is 24.6 Å². The molecular weight excluding hydrogens is 588 g/mol. The molecule has 5 atom stereocenters. The normalized spacial score (nSPS) is 21.3. The number of rotatable bonds is 15. The first-order valence-electron chi connectivity index (χ1n) is 16.1. The minimum absolute atomic E-state index is 0.0823. The van der Waals surface area contributed by atoms with Crippen LogP contribution >= 0.6 is 0 Å². The van der Waals surface area contributed by atoms with Gasteiger partial charge in [-0.15, -0.1) is 0 Å². The first-order valence-corrected chi connectivity index (χ1v) is 16.1. The highest BCUT2D eigenvalue weighted by atomic mass is 16.7. The molecule has 0 aliphatic carbocycles. The first kappa shape index (κ1) is 34.8. The summed E-state index contributed by atoms with van der Waals surface area (Å²) in [5, 5.41) is 11.2. The van der Waals surface area contributed by atoms with E-state index in [4.69, 9.17) is 23.7 Å². The van der Waals surface area contributed by atoms with Crippen LogP contribution in [0.25, 0.3) is 0 Å². The Hall–Kier alpha value is -4.05. The summed E-state index contributed by atoms with van der Waals surface area (Å²) in [7, 11) is 0. The van der Waals surface area contributed by atoms with Crippen molar-refractivity contribution in [1.82, 2.24) is 0 Å². The molecule has 9 heteroatoms. The molecule has 0 amide bonds. The summed E-state index contributed by atoms with van der Waals surface area (Å²) in [4.78, 5) is 38.4. The number of ether oxygens (including phenoxy) is 5. The topological polar surface area (TPSA) is 118 Å². The summed E-state index contributed by atoms with van der Waals surface area (Å²) in [5.74, 6) is -1.73. The quantitative estimate of drug-likeness (QED) is 0.125. The number of hydrogen-bond donors (Lipinski definition) is 1. The average Bonchev–Trinajstić information content (AvgIpc) is 3.06. The van der Waals surface area contributed by atoms with Crippen molar-refractivity contribution in [3.05, 3.63) is 108 Å². The van der Waals surface area contributed by atoms with E-state index in [0.29, 0.717) is 19.3 Å². The molecule has 4 rings (SSSR count). The van der Waals surface area contributed by atoms with E-state index in [2.05, 4.69) is 0 Å². The van der Waals surface area contributed by atoms with E-state index in [1.54, 1.807) is 0 Å². The van der Waals surface area contributed by atoms with Crippen LogP contribution in [0.3, 0.4) is 0 Å². The van der Waals surface area contributed by atoms with E-state index in [9.17, 15) is 19.5 Å². The highest BCUT2D eigenvalue weighted by Crippen LogP contribution is 2.41. The Bertz CT molecular complexity index is 1280. The third-order valence-corrected chi connectivity index (χ3v) is 7.78. The highest BCUT2D eigenvalue weighted by molar-refractivity contribution is 5.71. The number of aliphatic hydroxyl groups is 1. The summed E-state index contributed by atoms with van der Waals surface area (Å²) in [5.41, 5.74) is 1.36. The fourth-order valence-corrected chi connectivity index (χ4v) is 5.65. The van der Waals surface area contributed by atoms with E-state index >= 15 is 0 Å². The molecule has 1 aliphatic rings. The van der Waals surface area contributed by atoms with Gasteiger partial charge in [0.1, 0.15) is 11.7 Å². The van der Waals surface area contributed by atoms with Crippen LogP contribution in [-0.2, 0) is 43.7 Å². The van der Waals surface area contributed by atoms with Crippen LogP contribution < -0.4 is 0 Å². The zero-order valence-corrected chi connectivity index (χ0v) is 26.7. The number of hydrogen-bond acceptors (Lipinski definition) is 9. The smallest absolute Gasteiger partial charge is 0.306 e. The van der Waals surface area contributed by atoms with E-state index in [-0.39, 0.29) is 25.9 Å². The molecule has 0 saturated carbocycles.